The second-order valence-electron chi connectivity index (χ2n) is 14.4. The van der Waals surface area contributed by atoms with Gasteiger partial charge in [-0.2, -0.15) is 0 Å². The Morgan fingerprint density at radius 2 is 1.57 bits per heavy atom. The number of aliphatic hydroxyl groups excluding tert-OH is 2. The second kappa shape index (κ2) is 16.0. The lowest BCUT2D eigenvalue weighted by molar-refractivity contribution is -0.132. The van der Waals surface area contributed by atoms with E-state index in [0.29, 0.717) is 32.5 Å². The number of amides is 2. The van der Waals surface area contributed by atoms with E-state index in [9.17, 15) is 19.8 Å². The van der Waals surface area contributed by atoms with Crippen molar-refractivity contribution in [3.05, 3.63) is 107 Å². The minimum atomic E-state index is -0.815. The van der Waals surface area contributed by atoms with Gasteiger partial charge in [0.05, 0.1) is 18.2 Å². The molecule has 47 heavy (non-hydrogen) atoms. The number of hydrogen-bond acceptors (Lipinski definition) is 6. The smallest absolute Gasteiger partial charge is 0.239 e. The molecule has 1 saturated heterocycles. The summed E-state index contributed by atoms with van der Waals surface area (Å²) in [5.41, 5.74) is 3.94. The normalized spacial score (nSPS) is 21.5. The number of aliphatic hydroxyl groups is 2. The van der Waals surface area contributed by atoms with E-state index in [4.69, 9.17) is 0 Å². The Hall–Kier alpha value is -3.56. The van der Waals surface area contributed by atoms with Gasteiger partial charge in [0.1, 0.15) is 6.04 Å². The molecule has 4 N–H and O–H groups in total. The van der Waals surface area contributed by atoms with E-state index in [-0.39, 0.29) is 23.8 Å². The summed E-state index contributed by atoms with van der Waals surface area (Å²) >= 11 is 0. The van der Waals surface area contributed by atoms with Crippen molar-refractivity contribution < 1.29 is 19.8 Å². The van der Waals surface area contributed by atoms with E-state index < -0.39 is 30.2 Å². The largest absolute Gasteiger partial charge is 0.392 e. The van der Waals surface area contributed by atoms with Crippen molar-refractivity contribution in [2.45, 2.75) is 82.7 Å². The summed E-state index contributed by atoms with van der Waals surface area (Å²) in [6.45, 7) is 9.22. The van der Waals surface area contributed by atoms with Crippen molar-refractivity contribution in [3.8, 4) is 0 Å². The molecule has 1 aliphatic heterocycles. The summed E-state index contributed by atoms with van der Waals surface area (Å²) in [4.78, 5) is 31.9. The van der Waals surface area contributed by atoms with Crippen LogP contribution in [0, 0.1) is 5.92 Å². The Labute approximate surface area is 280 Å². The first-order chi connectivity index (χ1) is 22.6. The highest BCUT2D eigenvalue weighted by Gasteiger charge is 2.37. The Morgan fingerprint density at radius 1 is 0.915 bits per heavy atom. The first kappa shape index (κ1) is 34.8. The van der Waals surface area contributed by atoms with Crippen molar-refractivity contribution in [3.63, 3.8) is 0 Å². The lowest BCUT2D eigenvalue weighted by atomic mass is 9.91. The molecule has 1 aliphatic carbocycles. The number of fused-ring (bicyclic) bond motifs is 1. The number of benzene rings is 3. The van der Waals surface area contributed by atoms with Gasteiger partial charge >= 0.3 is 0 Å². The molecule has 0 bridgehead atoms. The Kier molecular flexibility index (Phi) is 11.9. The molecule has 8 heteroatoms. The third kappa shape index (κ3) is 9.97. The van der Waals surface area contributed by atoms with Crippen molar-refractivity contribution in [2.75, 3.05) is 32.7 Å². The maximum absolute atomic E-state index is 13.8. The van der Waals surface area contributed by atoms with Gasteiger partial charge in [-0.05, 0) is 75.3 Å². The fourth-order valence-electron chi connectivity index (χ4n) is 7.03. The predicted octanol–water partition coefficient (Wildman–Crippen LogP) is 3.90. The van der Waals surface area contributed by atoms with E-state index in [0.717, 1.165) is 42.6 Å². The first-order valence-electron chi connectivity index (χ1n) is 17.2. The van der Waals surface area contributed by atoms with Crippen LogP contribution in [0.25, 0.3) is 0 Å². The van der Waals surface area contributed by atoms with Gasteiger partial charge in [-0.25, -0.2) is 0 Å². The number of hydrogen-bond donors (Lipinski definition) is 4. The highest BCUT2D eigenvalue weighted by Crippen LogP contribution is 2.32. The molecule has 0 unspecified atom stereocenters. The van der Waals surface area contributed by atoms with Crippen molar-refractivity contribution in [1.82, 2.24) is 20.4 Å². The summed E-state index contributed by atoms with van der Waals surface area (Å²) in [5, 5.41) is 28.6. The zero-order valence-corrected chi connectivity index (χ0v) is 28.1. The standard InChI is InChI=1S/C39H52N4O4/c1-39(2,3)41-38(47)34-27-42(20-12-17-28-13-6-4-7-14-28)21-22-43(34)26-32(44)24-31(23-29-15-8-5-9-16-29)37(46)40-36-33-19-11-10-18-30(33)25-35(36)45/h4-11,13-16,18-19,31-32,34-36,44-45H,12,17,20-27H2,1-3H3,(H,40,46)(H,41,47)/t31-,32-,34-,35+,36-/m0/s1. The third-order valence-electron chi connectivity index (χ3n) is 9.36. The van der Waals surface area contributed by atoms with Crippen LogP contribution in [0.5, 0.6) is 0 Å². The van der Waals surface area contributed by atoms with Crippen LogP contribution in [0.3, 0.4) is 0 Å². The van der Waals surface area contributed by atoms with Crippen molar-refractivity contribution in [1.29, 1.82) is 0 Å². The number of β-amino-alcohol motifs (C(OH)–C–C–N with tert-alkyl or cyclic N) is 1. The van der Waals surface area contributed by atoms with Crippen LogP contribution in [0.1, 0.15) is 61.9 Å². The minimum Gasteiger partial charge on any atom is -0.392 e. The molecule has 3 aromatic rings. The first-order valence-corrected chi connectivity index (χ1v) is 17.2. The van der Waals surface area contributed by atoms with Gasteiger partial charge in [0.2, 0.25) is 11.8 Å². The van der Waals surface area contributed by atoms with Crippen LogP contribution in [-0.4, -0.2) is 88.3 Å². The van der Waals surface area contributed by atoms with Gasteiger partial charge < -0.3 is 20.8 Å². The predicted molar refractivity (Wildman–Crippen MR) is 186 cm³/mol. The van der Waals surface area contributed by atoms with E-state index in [1.165, 1.54) is 5.56 Å². The molecule has 2 aliphatic rings. The molecule has 0 radical (unpaired) electrons. The van der Waals surface area contributed by atoms with Crippen LogP contribution < -0.4 is 10.6 Å². The van der Waals surface area contributed by atoms with Crippen LogP contribution >= 0.6 is 0 Å². The number of carbonyl (C=O) groups excluding carboxylic acids is 2. The second-order valence-corrected chi connectivity index (χ2v) is 14.4. The lowest BCUT2D eigenvalue weighted by Gasteiger charge is -2.42. The monoisotopic (exact) mass is 640 g/mol. The Bertz CT molecular complexity index is 1440. The lowest BCUT2D eigenvalue weighted by Crippen LogP contribution is -2.62. The van der Waals surface area contributed by atoms with Crippen LogP contribution in [-0.2, 0) is 28.9 Å². The molecule has 5 rings (SSSR count). The van der Waals surface area contributed by atoms with Gasteiger partial charge in [-0.3, -0.25) is 19.4 Å². The fraction of sp³-hybridized carbons (Fsp3) is 0.487. The molecule has 0 aromatic heterocycles. The van der Waals surface area contributed by atoms with Gasteiger partial charge in [-0.1, -0.05) is 84.9 Å². The van der Waals surface area contributed by atoms with Crippen LogP contribution in [0.2, 0.25) is 0 Å². The average molecular weight is 641 g/mol. The molecule has 5 atom stereocenters. The zero-order valence-electron chi connectivity index (χ0n) is 28.1. The van der Waals surface area contributed by atoms with Gasteiger partial charge in [0.25, 0.3) is 0 Å². The van der Waals surface area contributed by atoms with E-state index >= 15 is 0 Å². The van der Waals surface area contributed by atoms with Gasteiger partial charge in [-0.15, -0.1) is 0 Å². The summed E-state index contributed by atoms with van der Waals surface area (Å²) in [6.07, 6.45) is 1.72. The number of carbonyl (C=O) groups is 2. The Morgan fingerprint density at radius 3 is 2.28 bits per heavy atom. The fourth-order valence-corrected chi connectivity index (χ4v) is 7.03. The summed E-state index contributed by atoms with van der Waals surface area (Å²) in [6, 6.07) is 27.3. The molecule has 1 heterocycles. The average Bonchev–Trinajstić information content (AvgIpc) is 3.35. The van der Waals surface area contributed by atoms with Gasteiger partial charge in [0, 0.05) is 44.1 Å². The highest BCUT2D eigenvalue weighted by atomic mass is 16.3. The van der Waals surface area contributed by atoms with Gasteiger partial charge in [0.15, 0.2) is 0 Å². The molecule has 1 fully saturated rings. The number of nitrogens with zero attached hydrogens (tertiary/aromatic N) is 2. The van der Waals surface area contributed by atoms with Crippen LogP contribution in [0.4, 0.5) is 0 Å². The van der Waals surface area contributed by atoms with Crippen molar-refractivity contribution >= 4 is 11.8 Å². The van der Waals surface area contributed by atoms with Crippen LogP contribution in [0.15, 0.2) is 84.9 Å². The van der Waals surface area contributed by atoms with E-state index in [1.54, 1.807) is 0 Å². The number of aryl methyl sites for hydroxylation is 1. The molecule has 0 saturated carbocycles. The SMILES string of the molecule is CC(C)(C)NC(=O)[C@@H]1CN(CCCc2ccccc2)CCN1C[C@@H](O)C[C@H](Cc1ccccc1)C(=O)N[C@H]1c2ccccc2C[C@H]1O. The molecule has 252 valence electrons. The number of nitrogens with one attached hydrogen (secondary N) is 2. The number of piperazine rings is 1. The summed E-state index contributed by atoms with van der Waals surface area (Å²) in [5.74, 6) is -0.725. The van der Waals surface area contributed by atoms with E-state index in [1.807, 2.05) is 81.4 Å². The summed E-state index contributed by atoms with van der Waals surface area (Å²) in [7, 11) is 0. The van der Waals surface area contributed by atoms with E-state index in [2.05, 4.69) is 44.7 Å². The highest BCUT2D eigenvalue weighted by molar-refractivity contribution is 5.83. The molecular weight excluding hydrogens is 588 g/mol. The Balaban J connectivity index is 1.25. The maximum Gasteiger partial charge on any atom is 0.239 e. The maximum atomic E-state index is 13.8. The topological polar surface area (TPSA) is 105 Å². The molecular formula is C39H52N4O4. The minimum absolute atomic E-state index is 0.0371. The molecule has 8 nitrogen and oxygen atoms in total. The molecule has 3 aromatic carbocycles. The number of rotatable bonds is 13. The quantitative estimate of drug-likeness (QED) is 0.226. The van der Waals surface area contributed by atoms with Crippen molar-refractivity contribution in [2.24, 2.45) is 5.92 Å². The zero-order chi connectivity index (χ0) is 33.4. The molecule has 2 amide bonds. The third-order valence-corrected chi connectivity index (χ3v) is 9.36. The molecule has 0 spiro atoms. The summed E-state index contributed by atoms with van der Waals surface area (Å²) < 4.78 is 0.